The number of rotatable bonds is 6. The molecule has 5 nitrogen and oxygen atoms in total. The highest BCUT2D eigenvalue weighted by molar-refractivity contribution is 5.31. The summed E-state index contributed by atoms with van der Waals surface area (Å²) in [6.07, 6.45) is 4.16. The Labute approximate surface area is 109 Å². The Morgan fingerprint density at radius 1 is 1.56 bits per heavy atom. The Bertz CT molecular complexity index is 409. The number of ether oxygens (including phenoxy) is 1. The second-order valence-electron chi connectivity index (χ2n) is 5.76. The molecule has 2 N–H and O–H groups in total. The van der Waals surface area contributed by atoms with Gasteiger partial charge in [0.15, 0.2) is 5.75 Å². The van der Waals surface area contributed by atoms with Gasteiger partial charge < -0.3 is 15.4 Å². The molecule has 1 aromatic rings. The first-order chi connectivity index (χ1) is 8.48. The lowest BCUT2D eigenvalue weighted by atomic mass is 9.96. The van der Waals surface area contributed by atoms with Crippen molar-refractivity contribution in [3.8, 4) is 5.75 Å². The molecular formula is C13H24N4O. The van der Waals surface area contributed by atoms with Crippen molar-refractivity contribution in [1.82, 2.24) is 14.7 Å². The Morgan fingerprint density at radius 2 is 2.22 bits per heavy atom. The van der Waals surface area contributed by atoms with Gasteiger partial charge in [0.1, 0.15) is 0 Å². The Kier molecular flexibility index (Phi) is 3.64. The number of nitrogens with two attached hydrogens (primary N) is 1. The van der Waals surface area contributed by atoms with E-state index in [9.17, 15) is 0 Å². The van der Waals surface area contributed by atoms with E-state index in [1.54, 1.807) is 13.3 Å². The minimum Gasteiger partial charge on any atom is -0.493 e. The molecule has 1 aliphatic carbocycles. The number of likely N-dealkylation sites (N-methyl/N-ethyl adjacent to an activating group) is 1. The van der Waals surface area contributed by atoms with Gasteiger partial charge in [-0.3, -0.25) is 4.68 Å². The fourth-order valence-corrected chi connectivity index (χ4v) is 2.16. The maximum absolute atomic E-state index is 6.41. The molecule has 5 heteroatoms. The molecule has 18 heavy (non-hydrogen) atoms. The predicted molar refractivity (Wildman–Crippen MR) is 71.6 cm³/mol. The SMILES string of the molecule is COc1cnn(CCN(C)C)c1C(N)C1(C)CC1. The quantitative estimate of drug-likeness (QED) is 0.828. The molecule has 102 valence electrons. The fraction of sp³-hybridized carbons (Fsp3) is 0.769. The smallest absolute Gasteiger partial charge is 0.161 e. The average Bonchev–Trinajstić information content (AvgIpc) is 2.95. The monoisotopic (exact) mass is 252 g/mol. The molecular weight excluding hydrogens is 228 g/mol. The largest absolute Gasteiger partial charge is 0.493 e. The zero-order valence-electron chi connectivity index (χ0n) is 11.8. The van der Waals surface area contributed by atoms with Crippen LogP contribution in [0.4, 0.5) is 0 Å². The van der Waals surface area contributed by atoms with Gasteiger partial charge in [0.25, 0.3) is 0 Å². The minimum atomic E-state index is 0.0112. The van der Waals surface area contributed by atoms with E-state index in [2.05, 4.69) is 31.0 Å². The van der Waals surface area contributed by atoms with Gasteiger partial charge in [0.05, 0.1) is 31.6 Å². The van der Waals surface area contributed by atoms with E-state index in [1.165, 1.54) is 12.8 Å². The summed E-state index contributed by atoms with van der Waals surface area (Å²) in [7, 11) is 5.80. The molecule has 0 amide bonds. The van der Waals surface area contributed by atoms with E-state index in [4.69, 9.17) is 10.5 Å². The molecule has 1 atom stereocenters. The first-order valence-corrected chi connectivity index (χ1v) is 6.48. The van der Waals surface area contributed by atoms with E-state index in [0.717, 1.165) is 24.5 Å². The van der Waals surface area contributed by atoms with E-state index >= 15 is 0 Å². The van der Waals surface area contributed by atoms with Gasteiger partial charge in [-0.25, -0.2) is 0 Å². The molecule has 1 saturated carbocycles. The highest BCUT2D eigenvalue weighted by atomic mass is 16.5. The molecule has 0 radical (unpaired) electrons. The molecule has 1 heterocycles. The van der Waals surface area contributed by atoms with Gasteiger partial charge in [-0.05, 0) is 32.4 Å². The average molecular weight is 252 g/mol. The lowest BCUT2D eigenvalue weighted by Crippen LogP contribution is -2.27. The van der Waals surface area contributed by atoms with Gasteiger partial charge in [-0.2, -0.15) is 5.10 Å². The summed E-state index contributed by atoms with van der Waals surface area (Å²) in [4.78, 5) is 2.14. The standard InChI is InChI=1S/C13H24N4O/c1-13(5-6-13)12(14)11-10(18-4)9-15-17(11)8-7-16(2)3/h9,12H,5-8,14H2,1-4H3. The third-order valence-corrected chi connectivity index (χ3v) is 3.91. The van der Waals surface area contributed by atoms with Crippen molar-refractivity contribution in [3.05, 3.63) is 11.9 Å². The van der Waals surface area contributed by atoms with Crippen LogP contribution in [0.2, 0.25) is 0 Å². The van der Waals surface area contributed by atoms with Crippen LogP contribution in [0.1, 0.15) is 31.5 Å². The van der Waals surface area contributed by atoms with Crippen molar-refractivity contribution in [1.29, 1.82) is 0 Å². The summed E-state index contributed by atoms with van der Waals surface area (Å²) in [5.41, 5.74) is 7.67. The van der Waals surface area contributed by atoms with Crippen LogP contribution in [0.15, 0.2) is 6.20 Å². The summed E-state index contributed by atoms with van der Waals surface area (Å²) < 4.78 is 7.39. The van der Waals surface area contributed by atoms with Gasteiger partial charge in [-0.15, -0.1) is 0 Å². The molecule has 0 bridgehead atoms. The van der Waals surface area contributed by atoms with E-state index in [0.29, 0.717) is 0 Å². The lowest BCUT2D eigenvalue weighted by molar-refractivity contribution is 0.342. The summed E-state index contributed by atoms with van der Waals surface area (Å²) in [5, 5.41) is 4.41. The van der Waals surface area contributed by atoms with Crippen molar-refractivity contribution in [2.24, 2.45) is 11.1 Å². The highest BCUT2D eigenvalue weighted by Gasteiger charge is 2.46. The first-order valence-electron chi connectivity index (χ1n) is 6.48. The molecule has 1 aromatic heterocycles. The molecule has 1 fully saturated rings. The maximum Gasteiger partial charge on any atom is 0.161 e. The zero-order chi connectivity index (χ0) is 13.3. The molecule has 0 aliphatic heterocycles. The third-order valence-electron chi connectivity index (χ3n) is 3.91. The second kappa shape index (κ2) is 4.90. The van der Waals surface area contributed by atoms with Crippen LogP contribution in [-0.2, 0) is 6.54 Å². The first kappa shape index (κ1) is 13.4. The molecule has 1 aliphatic rings. The summed E-state index contributed by atoms with van der Waals surface area (Å²) in [6, 6.07) is 0.0112. The summed E-state index contributed by atoms with van der Waals surface area (Å²) >= 11 is 0. The van der Waals surface area contributed by atoms with E-state index in [-0.39, 0.29) is 11.5 Å². The van der Waals surface area contributed by atoms with Crippen molar-refractivity contribution in [2.45, 2.75) is 32.4 Å². The van der Waals surface area contributed by atoms with Crippen molar-refractivity contribution >= 4 is 0 Å². The van der Waals surface area contributed by atoms with Gasteiger partial charge in [0.2, 0.25) is 0 Å². The van der Waals surface area contributed by atoms with Crippen LogP contribution in [0.25, 0.3) is 0 Å². The second-order valence-corrected chi connectivity index (χ2v) is 5.76. The summed E-state index contributed by atoms with van der Waals surface area (Å²) in [6.45, 7) is 4.02. The maximum atomic E-state index is 6.41. The fourth-order valence-electron chi connectivity index (χ4n) is 2.16. The number of hydrogen-bond donors (Lipinski definition) is 1. The lowest BCUT2D eigenvalue weighted by Gasteiger charge is -2.22. The molecule has 1 unspecified atom stereocenters. The summed E-state index contributed by atoms with van der Waals surface area (Å²) in [5.74, 6) is 0.814. The zero-order valence-corrected chi connectivity index (χ0v) is 11.8. The topological polar surface area (TPSA) is 56.3 Å². The van der Waals surface area contributed by atoms with Crippen LogP contribution >= 0.6 is 0 Å². The van der Waals surface area contributed by atoms with Crippen molar-refractivity contribution in [3.63, 3.8) is 0 Å². The van der Waals surface area contributed by atoms with Crippen molar-refractivity contribution in [2.75, 3.05) is 27.7 Å². The van der Waals surface area contributed by atoms with Crippen LogP contribution in [0.5, 0.6) is 5.75 Å². The van der Waals surface area contributed by atoms with Gasteiger partial charge in [-0.1, -0.05) is 6.92 Å². The number of methoxy groups -OCH3 is 1. The number of aromatic nitrogens is 2. The molecule has 0 saturated heterocycles. The van der Waals surface area contributed by atoms with Crippen LogP contribution in [0.3, 0.4) is 0 Å². The normalized spacial score (nSPS) is 19.0. The predicted octanol–water partition coefficient (Wildman–Crippen LogP) is 1.25. The number of hydrogen-bond acceptors (Lipinski definition) is 4. The minimum absolute atomic E-state index is 0.0112. The van der Waals surface area contributed by atoms with E-state index in [1.807, 2.05) is 4.68 Å². The van der Waals surface area contributed by atoms with Crippen LogP contribution in [-0.4, -0.2) is 42.4 Å². The van der Waals surface area contributed by atoms with E-state index < -0.39 is 0 Å². The Hall–Kier alpha value is -1.07. The molecule has 0 spiro atoms. The van der Waals surface area contributed by atoms with Gasteiger partial charge >= 0.3 is 0 Å². The Morgan fingerprint density at radius 3 is 2.72 bits per heavy atom. The molecule has 2 rings (SSSR count). The van der Waals surface area contributed by atoms with Crippen LogP contribution < -0.4 is 10.5 Å². The van der Waals surface area contributed by atoms with Crippen LogP contribution in [0, 0.1) is 5.41 Å². The van der Waals surface area contributed by atoms with Crippen molar-refractivity contribution < 1.29 is 4.74 Å². The Balaban J connectivity index is 2.22. The van der Waals surface area contributed by atoms with Gasteiger partial charge in [0, 0.05) is 6.54 Å². The molecule has 0 aromatic carbocycles. The third kappa shape index (κ3) is 2.52. The number of nitrogens with zero attached hydrogens (tertiary/aromatic N) is 3. The highest BCUT2D eigenvalue weighted by Crippen LogP contribution is 2.54.